The van der Waals surface area contributed by atoms with E-state index < -0.39 is 6.09 Å². The molecule has 1 N–H and O–H groups in total. The number of hydrogen-bond donors (Lipinski definition) is 1. The van der Waals surface area contributed by atoms with Crippen molar-refractivity contribution in [2.75, 3.05) is 11.9 Å². The Morgan fingerprint density at radius 3 is 2.78 bits per heavy atom. The van der Waals surface area contributed by atoms with E-state index in [1.807, 2.05) is 18.2 Å². The summed E-state index contributed by atoms with van der Waals surface area (Å²) in [6.07, 6.45) is 6.92. The molecule has 0 saturated heterocycles. The highest BCUT2D eigenvalue weighted by atomic mass is 16.5. The molecule has 0 aromatic heterocycles. The van der Waals surface area contributed by atoms with Gasteiger partial charge in [0.05, 0.1) is 6.61 Å². The molecule has 0 bridgehead atoms. The summed E-state index contributed by atoms with van der Waals surface area (Å²) in [4.78, 5) is 11.4. The number of unbranched alkanes of at least 4 members (excludes halogenated alkanes) is 2. The van der Waals surface area contributed by atoms with Crippen LogP contribution < -0.4 is 5.32 Å². The predicted octanol–water partition coefficient (Wildman–Crippen LogP) is 3.04. The van der Waals surface area contributed by atoms with E-state index >= 15 is 0 Å². The molecule has 1 amide bonds. The Labute approximate surface area is 108 Å². The highest BCUT2D eigenvalue weighted by Crippen LogP contribution is 2.05. The number of ether oxygens (including phenoxy) is 1. The van der Waals surface area contributed by atoms with Crippen molar-refractivity contribution < 1.29 is 9.53 Å². The maximum absolute atomic E-state index is 11.4. The van der Waals surface area contributed by atoms with Crippen molar-refractivity contribution in [2.24, 2.45) is 0 Å². The van der Waals surface area contributed by atoms with E-state index in [1.54, 1.807) is 12.1 Å². The molecule has 0 aliphatic carbocycles. The van der Waals surface area contributed by atoms with Crippen molar-refractivity contribution in [1.82, 2.24) is 0 Å². The summed E-state index contributed by atoms with van der Waals surface area (Å²) < 4.78 is 5.01. The Balaban J connectivity index is 2.09. The van der Waals surface area contributed by atoms with Gasteiger partial charge in [0.1, 0.15) is 0 Å². The Kier molecular flexibility index (Phi) is 6.63. The van der Waals surface area contributed by atoms with Crippen LogP contribution in [0, 0.1) is 24.2 Å². The Bertz CT molecular complexity index is 463. The second kappa shape index (κ2) is 8.73. The van der Waals surface area contributed by atoms with Gasteiger partial charge in [-0.1, -0.05) is 24.1 Å². The predicted molar refractivity (Wildman–Crippen MR) is 71.9 cm³/mol. The van der Waals surface area contributed by atoms with Crippen LogP contribution in [0.4, 0.5) is 10.5 Å². The van der Waals surface area contributed by atoms with Crippen LogP contribution in [0.25, 0.3) is 0 Å². The summed E-state index contributed by atoms with van der Waals surface area (Å²) >= 11 is 0. The number of carbonyl (C=O) groups is 1. The fourth-order valence-electron chi connectivity index (χ4n) is 1.27. The van der Waals surface area contributed by atoms with Crippen LogP contribution in [0.2, 0.25) is 0 Å². The zero-order chi connectivity index (χ0) is 13.1. The third kappa shape index (κ3) is 6.25. The number of anilines is 1. The first-order valence-electron chi connectivity index (χ1n) is 5.75. The average molecular weight is 241 g/mol. The van der Waals surface area contributed by atoms with Crippen molar-refractivity contribution >= 4 is 11.8 Å². The van der Waals surface area contributed by atoms with Gasteiger partial charge < -0.3 is 4.74 Å². The van der Waals surface area contributed by atoms with E-state index in [2.05, 4.69) is 23.1 Å². The zero-order valence-corrected chi connectivity index (χ0v) is 10.1. The van der Waals surface area contributed by atoms with Crippen molar-refractivity contribution in [3.63, 3.8) is 0 Å². The van der Waals surface area contributed by atoms with Crippen molar-refractivity contribution in [3.05, 3.63) is 30.3 Å². The Morgan fingerprint density at radius 2 is 2.06 bits per heavy atom. The van der Waals surface area contributed by atoms with Crippen molar-refractivity contribution in [3.8, 4) is 24.2 Å². The molecule has 1 aromatic rings. The number of benzene rings is 1. The molecule has 0 saturated carbocycles. The molecule has 0 aliphatic heterocycles. The molecule has 0 aliphatic rings. The van der Waals surface area contributed by atoms with E-state index in [4.69, 9.17) is 11.2 Å². The number of nitrogens with one attached hydrogen (secondary N) is 1. The van der Waals surface area contributed by atoms with Gasteiger partial charge in [-0.2, -0.15) is 0 Å². The number of hydrogen-bond acceptors (Lipinski definition) is 2. The second-order valence-electron chi connectivity index (χ2n) is 3.53. The molecule has 18 heavy (non-hydrogen) atoms. The first-order chi connectivity index (χ1) is 8.83. The van der Waals surface area contributed by atoms with Crippen LogP contribution in [-0.4, -0.2) is 12.7 Å². The van der Waals surface area contributed by atoms with E-state index in [0.29, 0.717) is 6.61 Å². The second-order valence-corrected chi connectivity index (χ2v) is 3.53. The molecule has 3 nitrogen and oxygen atoms in total. The lowest BCUT2D eigenvalue weighted by Gasteiger charge is -2.05. The molecule has 0 fully saturated rings. The first kappa shape index (κ1) is 13.7. The minimum Gasteiger partial charge on any atom is -0.449 e. The quantitative estimate of drug-likeness (QED) is 0.635. The number of rotatable bonds is 5. The summed E-state index contributed by atoms with van der Waals surface area (Å²) in [5, 5.41) is 2.64. The lowest BCUT2D eigenvalue weighted by Crippen LogP contribution is -2.14. The summed E-state index contributed by atoms with van der Waals surface area (Å²) in [6, 6.07) is 9.18. The van der Waals surface area contributed by atoms with Crippen LogP contribution in [-0.2, 0) is 4.74 Å². The summed E-state index contributed by atoms with van der Waals surface area (Å²) in [5.74, 6) is 7.61. The van der Waals surface area contributed by atoms with Crippen LogP contribution in [0.15, 0.2) is 30.3 Å². The van der Waals surface area contributed by atoms with Crippen LogP contribution in [0.3, 0.4) is 0 Å². The van der Waals surface area contributed by atoms with Crippen LogP contribution >= 0.6 is 0 Å². The first-order valence-corrected chi connectivity index (χ1v) is 5.75. The van der Waals surface area contributed by atoms with Gasteiger partial charge in [-0.25, -0.2) is 4.79 Å². The van der Waals surface area contributed by atoms with Gasteiger partial charge in [0, 0.05) is 12.1 Å². The zero-order valence-electron chi connectivity index (χ0n) is 10.1. The number of para-hydroxylation sites is 1. The maximum Gasteiger partial charge on any atom is 0.411 e. The molecule has 92 valence electrons. The standard InChI is InChI=1S/C15H15NO2/c1-2-3-4-5-6-10-13-18-15(17)16-14-11-8-7-9-12-14/h1,7-9,11-12H,5-6,10,13H2,(H,16,17). The van der Waals surface area contributed by atoms with E-state index in [1.165, 1.54) is 0 Å². The monoisotopic (exact) mass is 241 g/mol. The number of terminal acetylenes is 1. The molecular weight excluding hydrogens is 226 g/mol. The SMILES string of the molecule is C#CC#CCCCCOC(=O)Nc1ccccc1. The molecule has 0 atom stereocenters. The minimum absolute atomic E-state index is 0.385. The third-order valence-corrected chi connectivity index (χ3v) is 2.11. The normalized spacial score (nSPS) is 8.61. The van der Waals surface area contributed by atoms with Gasteiger partial charge in [-0.3, -0.25) is 5.32 Å². The molecule has 0 unspecified atom stereocenters. The highest BCUT2D eigenvalue weighted by molar-refractivity contribution is 5.84. The Hall–Kier alpha value is -2.39. The van der Waals surface area contributed by atoms with Gasteiger partial charge >= 0.3 is 6.09 Å². The summed E-state index contributed by atoms with van der Waals surface area (Å²) in [5.41, 5.74) is 0.724. The van der Waals surface area contributed by atoms with Gasteiger partial charge in [0.25, 0.3) is 0 Å². The van der Waals surface area contributed by atoms with E-state index in [0.717, 1.165) is 24.9 Å². The minimum atomic E-state index is -0.434. The van der Waals surface area contributed by atoms with E-state index in [-0.39, 0.29) is 0 Å². The van der Waals surface area contributed by atoms with Crippen LogP contribution in [0.5, 0.6) is 0 Å². The third-order valence-electron chi connectivity index (χ3n) is 2.11. The average Bonchev–Trinajstić information content (AvgIpc) is 2.39. The smallest absolute Gasteiger partial charge is 0.411 e. The fraction of sp³-hybridized carbons (Fsp3) is 0.267. The highest BCUT2D eigenvalue weighted by Gasteiger charge is 2.01. The number of amides is 1. The molecule has 3 heteroatoms. The molecule has 1 rings (SSSR count). The maximum atomic E-state index is 11.4. The molecule has 0 heterocycles. The largest absolute Gasteiger partial charge is 0.449 e. The molecule has 0 spiro atoms. The molecule has 1 aromatic carbocycles. The van der Waals surface area contributed by atoms with Crippen molar-refractivity contribution in [2.45, 2.75) is 19.3 Å². The fourth-order valence-corrected chi connectivity index (χ4v) is 1.27. The number of carbonyl (C=O) groups excluding carboxylic acids is 1. The lowest BCUT2D eigenvalue weighted by molar-refractivity contribution is 0.159. The van der Waals surface area contributed by atoms with Gasteiger partial charge in [0.15, 0.2) is 0 Å². The Morgan fingerprint density at radius 1 is 1.28 bits per heavy atom. The van der Waals surface area contributed by atoms with Crippen LogP contribution in [0.1, 0.15) is 19.3 Å². The van der Waals surface area contributed by atoms with Crippen molar-refractivity contribution in [1.29, 1.82) is 0 Å². The van der Waals surface area contributed by atoms with Gasteiger partial charge in [0.2, 0.25) is 0 Å². The van der Waals surface area contributed by atoms with E-state index in [9.17, 15) is 4.79 Å². The topological polar surface area (TPSA) is 38.3 Å². The van der Waals surface area contributed by atoms with Gasteiger partial charge in [-0.15, -0.1) is 6.42 Å². The summed E-state index contributed by atoms with van der Waals surface area (Å²) in [6.45, 7) is 0.385. The summed E-state index contributed by atoms with van der Waals surface area (Å²) in [7, 11) is 0. The lowest BCUT2D eigenvalue weighted by atomic mass is 10.2. The van der Waals surface area contributed by atoms with Gasteiger partial charge in [-0.05, 0) is 36.8 Å². The molecular formula is C15H15NO2. The molecule has 0 radical (unpaired) electrons.